The number of rotatable bonds is 4. The van der Waals surface area contributed by atoms with Gasteiger partial charge >= 0.3 is 6.03 Å². The summed E-state index contributed by atoms with van der Waals surface area (Å²) in [5.41, 5.74) is 3.70. The highest BCUT2D eigenvalue weighted by Gasteiger charge is 2.21. The van der Waals surface area contributed by atoms with E-state index in [2.05, 4.69) is 44.8 Å². The van der Waals surface area contributed by atoms with Crippen LogP contribution in [0.3, 0.4) is 0 Å². The number of nitrogens with one attached hydrogen (secondary N) is 2. The average Bonchev–Trinajstić information content (AvgIpc) is 3.22. The van der Waals surface area contributed by atoms with Crippen LogP contribution in [0.1, 0.15) is 48.4 Å². The van der Waals surface area contributed by atoms with Gasteiger partial charge in [-0.15, -0.1) is 0 Å². The minimum Gasteiger partial charge on any atom is -0.357 e. The van der Waals surface area contributed by atoms with Crippen LogP contribution >= 0.6 is 0 Å². The number of carbonyl (C=O) groups excluding carboxylic acids is 1. The van der Waals surface area contributed by atoms with Gasteiger partial charge in [-0.25, -0.2) is 9.78 Å². The Morgan fingerprint density at radius 2 is 2.00 bits per heavy atom. The van der Waals surface area contributed by atoms with Gasteiger partial charge in [0.1, 0.15) is 5.82 Å². The summed E-state index contributed by atoms with van der Waals surface area (Å²) in [7, 11) is 0. The first-order chi connectivity index (χ1) is 12.8. The fourth-order valence-electron chi connectivity index (χ4n) is 3.99. The molecule has 1 aliphatic heterocycles. The Morgan fingerprint density at radius 1 is 1.15 bits per heavy atom. The van der Waals surface area contributed by atoms with E-state index in [1.54, 1.807) is 0 Å². The third-order valence-corrected chi connectivity index (χ3v) is 5.37. The van der Waals surface area contributed by atoms with Crippen LogP contribution < -0.4 is 15.5 Å². The molecule has 2 heterocycles. The number of pyridine rings is 1. The Hall–Kier alpha value is -2.56. The first-order valence-corrected chi connectivity index (χ1v) is 9.61. The fraction of sp³-hybridized carbons (Fsp3) is 0.429. The lowest BCUT2D eigenvalue weighted by atomic mass is 9.88. The van der Waals surface area contributed by atoms with Crippen molar-refractivity contribution in [1.29, 1.82) is 0 Å². The average molecular weight is 350 g/mol. The number of aryl methyl sites for hydroxylation is 1. The Kier molecular flexibility index (Phi) is 5.04. The van der Waals surface area contributed by atoms with Gasteiger partial charge in [0.25, 0.3) is 0 Å². The van der Waals surface area contributed by atoms with Crippen LogP contribution in [0.5, 0.6) is 0 Å². The molecule has 1 aromatic carbocycles. The van der Waals surface area contributed by atoms with Gasteiger partial charge in [0.15, 0.2) is 0 Å². The van der Waals surface area contributed by atoms with Crippen molar-refractivity contribution in [2.45, 2.75) is 44.7 Å². The van der Waals surface area contributed by atoms with Crippen LogP contribution in [0.4, 0.5) is 10.6 Å². The highest BCUT2D eigenvalue weighted by molar-refractivity contribution is 5.74. The number of benzene rings is 1. The molecule has 0 saturated carbocycles. The van der Waals surface area contributed by atoms with Crippen LogP contribution in [0.15, 0.2) is 42.6 Å². The molecule has 1 aliphatic carbocycles. The predicted octanol–water partition coefficient (Wildman–Crippen LogP) is 3.56. The Bertz CT molecular complexity index is 770. The topological polar surface area (TPSA) is 57.3 Å². The lowest BCUT2D eigenvalue weighted by molar-refractivity contribution is 0.235. The van der Waals surface area contributed by atoms with E-state index in [0.717, 1.165) is 43.7 Å². The van der Waals surface area contributed by atoms with E-state index in [0.29, 0.717) is 6.54 Å². The number of fused-ring (bicyclic) bond motifs is 1. The predicted molar refractivity (Wildman–Crippen MR) is 103 cm³/mol. The normalized spacial score (nSPS) is 19.1. The molecule has 2 amide bonds. The molecule has 1 unspecified atom stereocenters. The molecule has 1 aromatic heterocycles. The number of nitrogens with zero attached hydrogens (tertiary/aromatic N) is 2. The summed E-state index contributed by atoms with van der Waals surface area (Å²) in [6.45, 7) is 2.67. The summed E-state index contributed by atoms with van der Waals surface area (Å²) in [6, 6.07) is 12.5. The molecular weight excluding hydrogens is 324 g/mol. The maximum absolute atomic E-state index is 12.4. The molecule has 5 nitrogen and oxygen atoms in total. The van der Waals surface area contributed by atoms with E-state index < -0.39 is 0 Å². The Balaban J connectivity index is 1.34. The summed E-state index contributed by atoms with van der Waals surface area (Å²) in [6.07, 6.45) is 7.52. The van der Waals surface area contributed by atoms with Crippen molar-refractivity contribution >= 4 is 11.8 Å². The standard InChI is InChI=1S/C21H26N4O/c26-21(24-19-9-5-7-17-6-1-2-8-18(17)19)23-15-16-10-11-22-20(14-16)25-12-3-4-13-25/h1-2,6,8,10-11,14,19H,3-5,7,9,12-13,15H2,(H2,23,24,26). The molecule has 4 rings (SSSR count). The van der Waals surface area contributed by atoms with Crippen molar-refractivity contribution in [3.05, 3.63) is 59.3 Å². The van der Waals surface area contributed by atoms with Gasteiger partial charge in [-0.05, 0) is 60.9 Å². The second-order valence-corrected chi connectivity index (χ2v) is 7.19. The molecule has 2 aromatic rings. The number of carbonyl (C=O) groups is 1. The van der Waals surface area contributed by atoms with Crippen LogP contribution in [0.2, 0.25) is 0 Å². The molecule has 1 fully saturated rings. The maximum Gasteiger partial charge on any atom is 0.315 e. The fourth-order valence-corrected chi connectivity index (χ4v) is 3.99. The van der Waals surface area contributed by atoms with Gasteiger partial charge in [0.2, 0.25) is 0 Å². The van der Waals surface area contributed by atoms with Crippen LogP contribution in [0.25, 0.3) is 0 Å². The molecule has 5 heteroatoms. The highest BCUT2D eigenvalue weighted by Crippen LogP contribution is 2.29. The zero-order chi connectivity index (χ0) is 17.8. The van der Waals surface area contributed by atoms with Crippen molar-refractivity contribution in [2.75, 3.05) is 18.0 Å². The number of amides is 2. The minimum absolute atomic E-state index is 0.105. The third kappa shape index (κ3) is 3.82. The van der Waals surface area contributed by atoms with Gasteiger partial charge in [-0.1, -0.05) is 24.3 Å². The Morgan fingerprint density at radius 3 is 2.88 bits per heavy atom. The van der Waals surface area contributed by atoms with E-state index in [1.807, 2.05) is 18.3 Å². The SMILES string of the molecule is O=C(NCc1ccnc(N2CCCC2)c1)NC1CCCc2ccccc21. The van der Waals surface area contributed by atoms with Crippen LogP contribution in [-0.4, -0.2) is 24.1 Å². The van der Waals surface area contributed by atoms with Gasteiger partial charge in [0.05, 0.1) is 6.04 Å². The quantitative estimate of drug-likeness (QED) is 0.886. The van der Waals surface area contributed by atoms with Gasteiger partial charge < -0.3 is 15.5 Å². The maximum atomic E-state index is 12.4. The lowest BCUT2D eigenvalue weighted by Gasteiger charge is -2.26. The second kappa shape index (κ2) is 7.77. The second-order valence-electron chi connectivity index (χ2n) is 7.19. The van der Waals surface area contributed by atoms with E-state index in [1.165, 1.54) is 24.0 Å². The minimum atomic E-state index is -0.105. The molecule has 1 atom stereocenters. The molecule has 0 spiro atoms. The molecule has 0 radical (unpaired) electrons. The lowest BCUT2D eigenvalue weighted by Crippen LogP contribution is -2.38. The van der Waals surface area contributed by atoms with Crippen molar-refractivity contribution in [2.24, 2.45) is 0 Å². The van der Waals surface area contributed by atoms with Crippen molar-refractivity contribution in [3.63, 3.8) is 0 Å². The molecular formula is C21H26N4O. The van der Waals surface area contributed by atoms with Crippen molar-refractivity contribution < 1.29 is 4.79 Å². The number of anilines is 1. The number of hydrogen-bond acceptors (Lipinski definition) is 3. The van der Waals surface area contributed by atoms with Gasteiger partial charge in [-0.3, -0.25) is 0 Å². The van der Waals surface area contributed by atoms with E-state index >= 15 is 0 Å². The zero-order valence-corrected chi connectivity index (χ0v) is 15.1. The summed E-state index contributed by atoms with van der Waals surface area (Å²) in [5.74, 6) is 1.02. The molecule has 2 N–H and O–H groups in total. The first-order valence-electron chi connectivity index (χ1n) is 9.61. The summed E-state index contributed by atoms with van der Waals surface area (Å²) in [4.78, 5) is 19.2. The largest absolute Gasteiger partial charge is 0.357 e. The van der Waals surface area contributed by atoms with E-state index in [-0.39, 0.29) is 12.1 Å². The number of urea groups is 1. The van der Waals surface area contributed by atoms with Crippen molar-refractivity contribution in [1.82, 2.24) is 15.6 Å². The molecule has 26 heavy (non-hydrogen) atoms. The smallest absolute Gasteiger partial charge is 0.315 e. The summed E-state index contributed by atoms with van der Waals surface area (Å²) < 4.78 is 0. The van der Waals surface area contributed by atoms with Gasteiger partial charge in [-0.2, -0.15) is 0 Å². The first kappa shape index (κ1) is 16.9. The Labute approximate surface area is 154 Å². The number of aromatic nitrogens is 1. The monoisotopic (exact) mass is 350 g/mol. The zero-order valence-electron chi connectivity index (χ0n) is 15.1. The van der Waals surface area contributed by atoms with Crippen molar-refractivity contribution in [3.8, 4) is 0 Å². The highest BCUT2D eigenvalue weighted by atomic mass is 16.2. The number of hydrogen-bond donors (Lipinski definition) is 2. The molecule has 2 aliphatic rings. The molecule has 0 bridgehead atoms. The van der Waals surface area contributed by atoms with Crippen LogP contribution in [0, 0.1) is 0 Å². The van der Waals surface area contributed by atoms with Crippen LogP contribution in [-0.2, 0) is 13.0 Å². The van der Waals surface area contributed by atoms with E-state index in [4.69, 9.17) is 0 Å². The van der Waals surface area contributed by atoms with E-state index in [9.17, 15) is 4.79 Å². The molecule has 136 valence electrons. The van der Waals surface area contributed by atoms with Gasteiger partial charge in [0, 0.05) is 25.8 Å². The molecule has 1 saturated heterocycles. The third-order valence-electron chi connectivity index (χ3n) is 5.37. The summed E-state index contributed by atoms with van der Waals surface area (Å²) in [5, 5.41) is 6.14. The summed E-state index contributed by atoms with van der Waals surface area (Å²) >= 11 is 0.